The smallest absolute Gasteiger partial charge is 0.266 e. The van der Waals surface area contributed by atoms with Crippen LogP contribution in [0.15, 0.2) is 17.0 Å². The Morgan fingerprint density at radius 3 is 2.44 bits per heavy atom. The van der Waals surface area contributed by atoms with Gasteiger partial charge in [-0.05, 0) is 45.9 Å². The van der Waals surface area contributed by atoms with Crippen LogP contribution in [0.2, 0.25) is 0 Å². The van der Waals surface area contributed by atoms with Gasteiger partial charge in [-0.2, -0.15) is 0 Å². The summed E-state index contributed by atoms with van der Waals surface area (Å²) in [5, 5.41) is 0. The molecule has 0 spiro atoms. The number of hydrogen-bond acceptors (Lipinski definition) is 4. The van der Waals surface area contributed by atoms with Gasteiger partial charge >= 0.3 is 0 Å². The fraction of sp³-hybridized carbons (Fsp3) is 0.385. The Labute approximate surface area is 121 Å². The number of carbonyl (C=O) groups is 1. The first-order valence-electron chi connectivity index (χ1n) is 5.63. The lowest BCUT2D eigenvalue weighted by atomic mass is 10.1. The van der Waals surface area contributed by atoms with Gasteiger partial charge in [0.15, 0.2) is 0 Å². The highest BCUT2D eigenvalue weighted by atomic mass is 32.2. The largest absolute Gasteiger partial charge is 0.288 e. The molecule has 2 nitrogen and oxygen atoms in total. The Balaban J connectivity index is 2.31. The maximum absolute atomic E-state index is 12.3. The van der Waals surface area contributed by atoms with Gasteiger partial charge in [0, 0.05) is 15.3 Å². The number of thiophene rings is 1. The predicted molar refractivity (Wildman–Crippen MR) is 83.8 cm³/mol. The van der Waals surface area contributed by atoms with E-state index in [-0.39, 0.29) is 11.4 Å². The van der Waals surface area contributed by atoms with Crippen LogP contribution in [-0.2, 0) is 4.79 Å². The highest BCUT2D eigenvalue weighted by molar-refractivity contribution is 8.26. The van der Waals surface area contributed by atoms with E-state index < -0.39 is 0 Å². The van der Waals surface area contributed by atoms with Crippen LogP contribution in [0.4, 0.5) is 0 Å². The van der Waals surface area contributed by atoms with Gasteiger partial charge in [0.05, 0.1) is 4.91 Å². The molecular weight excluding hydrogens is 282 g/mol. The van der Waals surface area contributed by atoms with E-state index in [2.05, 4.69) is 13.0 Å². The molecule has 0 unspecified atom stereocenters. The maximum atomic E-state index is 12.3. The molecule has 0 aliphatic carbocycles. The van der Waals surface area contributed by atoms with E-state index in [4.69, 9.17) is 12.2 Å². The summed E-state index contributed by atoms with van der Waals surface area (Å²) >= 11 is 8.37. The van der Waals surface area contributed by atoms with Crippen molar-refractivity contribution >= 4 is 51.6 Å². The zero-order valence-corrected chi connectivity index (χ0v) is 13.3. The van der Waals surface area contributed by atoms with Gasteiger partial charge in [0.1, 0.15) is 4.32 Å². The lowest BCUT2D eigenvalue weighted by molar-refractivity contribution is -0.125. The van der Waals surface area contributed by atoms with Crippen LogP contribution in [0.1, 0.15) is 30.5 Å². The number of thiocarbonyl (C=S) groups is 1. The van der Waals surface area contributed by atoms with Gasteiger partial charge in [-0.15, -0.1) is 11.3 Å². The minimum absolute atomic E-state index is 0.0172. The molecule has 1 aromatic heterocycles. The van der Waals surface area contributed by atoms with Gasteiger partial charge in [-0.3, -0.25) is 9.69 Å². The van der Waals surface area contributed by atoms with E-state index in [0.717, 1.165) is 9.78 Å². The average Bonchev–Trinajstić information content (AvgIpc) is 2.71. The molecule has 0 bridgehead atoms. The van der Waals surface area contributed by atoms with Crippen LogP contribution < -0.4 is 0 Å². The quantitative estimate of drug-likeness (QED) is 0.576. The minimum atomic E-state index is -0.262. The Bertz CT molecular complexity index is 537. The molecule has 5 heteroatoms. The van der Waals surface area contributed by atoms with Crippen molar-refractivity contribution in [1.82, 2.24) is 4.90 Å². The number of aryl methyl sites for hydroxylation is 1. The van der Waals surface area contributed by atoms with E-state index in [1.54, 1.807) is 16.2 Å². The van der Waals surface area contributed by atoms with E-state index in [0.29, 0.717) is 4.32 Å². The van der Waals surface area contributed by atoms with Crippen LogP contribution in [0, 0.1) is 6.92 Å². The summed E-state index contributed by atoms with van der Waals surface area (Å²) < 4.78 is 0.645. The van der Waals surface area contributed by atoms with Crippen LogP contribution >= 0.6 is 35.3 Å². The SMILES string of the molecule is Cc1ccc(/C=C2/SC(=S)N(C(C)(C)C)C2=O)s1. The van der Waals surface area contributed by atoms with Crippen molar-refractivity contribution in [2.45, 2.75) is 33.2 Å². The molecule has 1 aromatic rings. The first-order valence-corrected chi connectivity index (χ1v) is 7.67. The summed E-state index contributed by atoms with van der Waals surface area (Å²) in [6, 6.07) is 4.09. The summed E-state index contributed by atoms with van der Waals surface area (Å²) in [7, 11) is 0. The Kier molecular flexibility index (Phi) is 3.67. The summed E-state index contributed by atoms with van der Waals surface area (Å²) in [5.41, 5.74) is -0.262. The van der Waals surface area contributed by atoms with Crippen LogP contribution in [0.5, 0.6) is 0 Å². The normalized spacial score (nSPS) is 19.1. The fourth-order valence-electron chi connectivity index (χ4n) is 1.71. The van der Waals surface area contributed by atoms with Crippen molar-refractivity contribution in [3.8, 4) is 0 Å². The molecule has 1 aliphatic rings. The first kappa shape index (κ1) is 13.8. The highest BCUT2D eigenvalue weighted by Crippen LogP contribution is 2.37. The molecule has 18 heavy (non-hydrogen) atoms. The third-order valence-electron chi connectivity index (χ3n) is 2.50. The van der Waals surface area contributed by atoms with Gasteiger partial charge in [0.25, 0.3) is 5.91 Å². The topological polar surface area (TPSA) is 20.3 Å². The summed E-state index contributed by atoms with van der Waals surface area (Å²) in [5.74, 6) is 0.0172. The molecule has 1 aliphatic heterocycles. The van der Waals surface area contributed by atoms with E-state index in [1.165, 1.54) is 16.6 Å². The zero-order chi connectivity index (χ0) is 13.5. The van der Waals surface area contributed by atoms with Crippen molar-refractivity contribution in [2.24, 2.45) is 0 Å². The zero-order valence-electron chi connectivity index (χ0n) is 10.8. The second-order valence-electron chi connectivity index (χ2n) is 5.14. The molecule has 1 amide bonds. The number of rotatable bonds is 1. The molecule has 0 aromatic carbocycles. The monoisotopic (exact) mass is 297 g/mol. The molecule has 0 radical (unpaired) electrons. The van der Waals surface area contributed by atoms with E-state index in [1.807, 2.05) is 32.9 Å². The molecule has 2 heterocycles. The molecule has 0 atom stereocenters. The Morgan fingerprint density at radius 2 is 2.00 bits per heavy atom. The number of nitrogens with zero attached hydrogens (tertiary/aromatic N) is 1. The second kappa shape index (κ2) is 4.79. The lowest BCUT2D eigenvalue weighted by Gasteiger charge is -2.30. The van der Waals surface area contributed by atoms with Crippen LogP contribution in [0.25, 0.3) is 6.08 Å². The lowest BCUT2D eigenvalue weighted by Crippen LogP contribution is -2.44. The van der Waals surface area contributed by atoms with E-state index in [9.17, 15) is 4.79 Å². The fourth-order valence-corrected chi connectivity index (χ4v) is 4.23. The standard InChI is InChI=1S/C13H15NOS3/c1-8-5-6-9(17-8)7-10-11(15)14(12(16)18-10)13(2,3)4/h5-7H,1-4H3/b10-7+. The van der Waals surface area contributed by atoms with Gasteiger partial charge in [-0.25, -0.2) is 0 Å². The molecule has 96 valence electrons. The minimum Gasteiger partial charge on any atom is -0.288 e. The van der Waals surface area contributed by atoms with Crippen LogP contribution in [0.3, 0.4) is 0 Å². The van der Waals surface area contributed by atoms with Gasteiger partial charge in [0.2, 0.25) is 0 Å². The average molecular weight is 297 g/mol. The predicted octanol–water partition coefficient (Wildman–Crippen LogP) is 4.06. The highest BCUT2D eigenvalue weighted by Gasteiger charge is 2.38. The van der Waals surface area contributed by atoms with Crippen molar-refractivity contribution in [3.63, 3.8) is 0 Å². The third-order valence-corrected chi connectivity index (χ3v) is 4.75. The summed E-state index contributed by atoms with van der Waals surface area (Å²) in [6.45, 7) is 8.05. The summed E-state index contributed by atoms with van der Waals surface area (Å²) in [4.78, 5) is 17.1. The van der Waals surface area contributed by atoms with E-state index >= 15 is 0 Å². The summed E-state index contributed by atoms with van der Waals surface area (Å²) in [6.07, 6.45) is 1.93. The Hall–Kier alpha value is -0.650. The first-order chi connectivity index (χ1) is 8.29. The third kappa shape index (κ3) is 2.68. The number of hydrogen-bond donors (Lipinski definition) is 0. The maximum Gasteiger partial charge on any atom is 0.266 e. The Morgan fingerprint density at radius 1 is 1.33 bits per heavy atom. The van der Waals surface area contributed by atoms with Crippen molar-refractivity contribution < 1.29 is 4.79 Å². The molecule has 0 saturated carbocycles. The van der Waals surface area contributed by atoms with Crippen LogP contribution in [-0.4, -0.2) is 20.7 Å². The molecule has 0 N–H and O–H groups in total. The number of amides is 1. The molecule has 2 rings (SSSR count). The molecule has 1 saturated heterocycles. The molecular formula is C13H15NOS3. The molecule has 1 fully saturated rings. The van der Waals surface area contributed by atoms with Crippen molar-refractivity contribution in [3.05, 3.63) is 26.8 Å². The second-order valence-corrected chi connectivity index (χ2v) is 8.13. The van der Waals surface area contributed by atoms with Crippen molar-refractivity contribution in [2.75, 3.05) is 0 Å². The number of thioether (sulfide) groups is 1. The van der Waals surface area contributed by atoms with Gasteiger partial charge in [-0.1, -0.05) is 24.0 Å². The van der Waals surface area contributed by atoms with Crippen molar-refractivity contribution in [1.29, 1.82) is 0 Å². The number of carbonyl (C=O) groups excluding carboxylic acids is 1. The van der Waals surface area contributed by atoms with Gasteiger partial charge < -0.3 is 0 Å².